The summed E-state index contributed by atoms with van der Waals surface area (Å²) in [7, 11) is 0. The average Bonchev–Trinajstić information content (AvgIpc) is 1.85. The molecule has 8 heavy (non-hydrogen) atoms. The minimum absolute atomic E-state index is 0.667. The molecule has 0 atom stereocenters. The zero-order valence-electron chi connectivity index (χ0n) is 4.93. The lowest BCUT2D eigenvalue weighted by molar-refractivity contribution is 1.21. The van der Waals surface area contributed by atoms with Crippen LogP contribution in [0.15, 0.2) is 0 Å². The van der Waals surface area contributed by atoms with Gasteiger partial charge in [0.05, 0.1) is 10.7 Å². The van der Waals surface area contributed by atoms with Gasteiger partial charge < -0.3 is 0 Å². The van der Waals surface area contributed by atoms with Crippen molar-refractivity contribution in [1.29, 1.82) is 0 Å². The van der Waals surface area contributed by atoms with Gasteiger partial charge in [0.25, 0.3) is 0 Å². The minimum Gasteiger partial charge on any atom is -0.246 e. The number of hydrogen-bond acceptors (Lipinski definition) is 2. The Kier molecular flexibility index (Phi) is 1.34. The predicted octanol–water partition coefficient (Wildman–Crippen LogP) is 1.82. The molecule has 42 valence electrons. The quantitative estimate of drug-likeness (QED) is 0.515. The smallest absolute Gasteiger partial charge is 0.0976 e. The van der Waals surface area contributed by atoms with Gasteiger partial charge in [0.1, 0.15) is 0 Å². The van der Waals surface area contributed by atoms with Gasteiger partial charge in [-0.1, -0.05) is 0 Å². The van der Waals surface area contributed by atoms with E-state index in [-0.39, 0.29) is 0 Å². The SMILES string of the molecule is [CH]c1nc(C)c(C)s1. The van der Waals surface area contributed by atoms with E-state index in [1.165, 1.54) is 16.2 Å². The highest BCUT2D eigenvalue weighted by Crippen LogP contribution is 2.14. The molecule has 0 aliphatic heterocycles. The van der Waals surface area contributed by atoms with E-state index in [4.69, 9.17) is 6.92 Å². The van der Waals surface area contributed by atoms with Crippen LogP contribution in [0.25, 0.3) is 0 Å². The summed E-state index contributed by atoms with van der Waals surface area (Å²) in [5.41, 5.74) is 1.05. The molecule has 0 N–H and O–H groups in total. The molecule has 0 aliphatic carbocycles. The Morgan fingerprint density at radius 1 is 1.50 bits per heavy atom. The van der Waals surface area contributed by atoms with E-state index in [2.05, 4.69) is 4.98 Å². The Bertz CT molecular complexity index is 171. The average molecular weight is 125 g/mol. The van der Waals surface area contributed by atoms with Crippen molar-refractivity contribution >= 4 is 11.3 Å². The predicted molar refractivity (Wildman–Crippen MR) is 35.0 cm³/mol. The van der Waals surface area contributed by atoms with Crippen LogP contribution in [-0.2, 0) is 0 Å². The van der Waals surface area contributed by atoms with Gasteiger partial charge in [-0.3, -0.25) is 0 Å². The molecule has 0 amide bonds. The Morgan fingerprint density at radius 3 is 2.25 bits per heavy atom. The molecular formula is C6H7NS. The highest BCUT2D eigenvalue weighted by Gasteiger charge is 1.95. The van der Waals surface area contributed by atoms with Crippen LogP contribution in [0.4, 0.5) is 0 Å². The van der Waals surface area contributed by atoms with Crippen LogP contribution < -0.4 is 0 Å². The molecule has 1 aromatic rings. The topological polar surface area (TPSA) is 12.9 Å². The summed E-state index contributed by atoms with van der Waals surface area (Å²) in [6, 6.07) is 0. The third-order valence-corrected chi connectivity index (χ3v) is 1.95. The van der Waals surface area contributed by atoms with Crippen LogP contribution in [0.2, 0.25) is 0 Å². The van der Waals surface area contributed by atoms with Gasteiger partial charge in [0.2, 0.25) is 0 Å². The zero-order chi connectivity index (χ0) is 6.15. The van der Waals surface area contributed by atoms with Gasteiger partial charge in [-0.05, 0) is 13.8 Å². The number of thiazole rings is 1. The van der Waals surface area contributed by atoms with Gasteiger partial charge >= 0.3 is 0 Å². The molecule has 1 heterocycles. The summed E-state index contributed by atoms with van der Waals surface area (Å²) in [5.74, 6) is 0. The summed E-state index contributed by atoms with van der Waals surface area (Å²) in [6.45, 7) is 9.36. The fourth-order valence-electron chi connectivity index (χ4n) is 0.498. The highest BCUT2D eigenvalue weighted by molar-refractivity contribution is 7.11. The molecule has 0 saturated heterocycles. The van der Waals surface area contributed by atoms with E-state index in [0.29, 0.717) is 5.01 Å². The van der Waals surface area contributed by atoms with Crippen molar-refractivity contribution in [3.8, 4) is 0 Å². The third-order valence-electron chi connectivity index (χ3n) is 1.05. The van der Waals surface area contributed by atoms with Crippen LogP contribution in [0.3, 0.4) is 0 Å². The van der Waals surface area contributed by atoms with E-state index in [1.807, 2.05) is 13.8 Å². The summed E-state index contributed by atoms with van der Waals surface area (Å²) < 4.78 is 0. The van der Waals surface area contributed by atoms with Crippen molar-refractivity contribution in [2.75, 3.05) is 0 Å². The maximum Gasteiger partial charge on any atom is 0.0976 e. The summed E-state index contributed by atoms with van der Waals surface area (Å²) in [5, 5.41) is 0.667. The van der Waals surface area contributed by atoms with Gasteiger partial charge in [0, 0.05) is 11.8 Å². The molecule has 0 bridgehead atoms. The largest absolute Gasteiger partial charge is 0.246 e. The van der Waals surface area contributed by atoms with Crippen LogP contribution in [0.1, 0.15) is 15.6 Å². The van der Waals surface area contributed by atoms with Gasteiger partial charge in [-0.2, -0.15) is 0 Å². The van der Waals surface area contributed by atoms with E-state index in [9.17, 15) is 0 Å². The molecule has 1 aromatic heterocycles. The van der Waals surface area contributed by atoms with Crippen molar-refractivity contribution in [3.63, 3.8) is 0 Å². The first-order valence-electron chi connectivity index (χ1n) is 2.39. The summed E-state index contributed by atoms with van der Waals surface area (Å²) in [4.78, 5) is 5.22. The van der Waals surface area contributed by atoms with Crippen molar-refractivity contribution in [1.82, 2.24) is 4.98 Å². The monoisotopic (exact) mass is 125 g/mol. The molecule has 1 nitrogen and oxygen atoms in total. The lowest BCUT2D eigenvalue weighted by atomic mass is 10.4. The molecule has 0 saturated carbocycles. The first-order chi connectivity index (χ1) is 3.70. The van der Waals surface area contributed by atoms with E-state index < -0.39 is 0 Å². The number of nitrogens with zero attached hydrogens (tertiary/aromatic N) is 1. The number of rotatable bonds is 0. The van der Waals surface area contributed by atoms with Gasteiger partial charge in [-0.25, -0.2) is 4.98 Å². The molecule has 0 unspecified atom stereocenters. The first-order valence-corrected chi connectivity index (χ1v) is 3.21. The Morgan fingerprint density at radius 2 is 2.12 bits per heavy atom. The highest BCUT2D eigenvalue weighted by atomic mass is 32.1. The fraction of sp³-hybridized carbons (Fsp3) is 0.333. The van der Waals surface area contributed by atoms with Crippen LogP contribution in [0, 0.1) is 20.8 Å². The maximum absolute atomic E-state index is 5.39. The second-order valence-electron chi connectivity index (χ2n) is 1.69. The van der Waals surface area contributed by atoms with Crippen molar-refractivity contribution in [2.45, 2.75) is 13.8 Å². The Labute approximate surface area is 53.4 Å². The molecule has 0 aromatic carbocycles. The Balaban J connectivity index is 3.14. The van der Waals surface area contributed by atoms with Crippen LogP contribution in [-0.4, -0.2) is 4.98 Å². The lowest BCUT2D eigenvalue weighted by Gasteiger charge is -1.77. The zero-order valence-corrected chi connectivity index (χ0v) is 5.75. The third kappa shape index (κ3) is 0.892. The standard InChI is InChI=1S/C6H7NS/c1-4-5(2)8-6(3)7-4/h3H,1-2H3. The molecule has 0 fully saturated rings. The van der Waals surface area contributed by atoms with Gasteiger partial charge in [0.15, 0.2) is 0 Å². The molecule has 0 spiro atoms. The van der Waals surface area contributed by atoms with Crippen molar-refractivity contribution in [2.24, 2.45) is 0 Å². The van der Waals surface area contributed by atoms with E-state index >= 15 is 0 Å². The normalized spacial score (nSPS) is 9.88. The summed E-state index contributed by atoms with van der Waals surface area (Å²) >= 11 is 1.54. The second kappa shape index (κ2) is 1.86. The molecule has 0 aliphatic rings. The molecule has 1 rings (SSSR count). The van der Waals surface area contributed by atoms with Crippen molar-refractivity contribution in [3.05, 3.63) is 22.5 Å². The number of aromatic nitrogens is 1. The minimum atomic E-state index is 0.667. The fourth-order valence-corrected chi connectivity index (χ4v) is 1.19. The lowest BCUT2D eigenvalue weighted by Crippen LogP contribution is -1.71. The van der Waals surface area contributed by atoms with Crippen LogP contribution >= 0.6 is 11.3 Å². The van der Waals surface area contributed by atoms with E-state index in [0.717, 1.165) is 5.69 Å². The van der Waals surface area contributed by atoms with Crippen LogP contribution in [0.5, 0.6) is 0 Å². The molecular weight excluding hydrogens is 118 g/mol. The van der Waals surface area contributed by atoms with Crippen molar-refractivity contribution < 1.29 is 0 Å². The Hall–Kier alpha value is -0.370. The second-order valence-corrected chi connectivity index (χ2v) is 2.93. The molecule has 2 radical (unpaired) electrons. The van der Waals surface area contributed by atoms with Gasteiger partial charge in [-0.15, -0.1) is 11.3 Å². The maximum atomic E-state index is 5.39. The summed E-state index contributed by atoms with van der Waals surface area (Å²) in [6.07, 6.45) is 0. The number of hydrogen-bond donors (Lipinski definition) is 0. The molecule has 2 heteroatoms. The first kappa shape index (κ1) is 5.76. The number of aryl methyl sites for hydroxylation is 2. The van der Waals surface area contributed by atoms with E-state index in [1.54, 1.807) is 0 Å².